The molecule has 0 aliphatic heterocycles. The summed E-state index contributed by atoms with van der Waals surface area (Å²) in [5.41, 5.74) is 2.45. The molecule has 1 aromatic carbocycles. The monoisotopic (exact) mass is 277 g/mol. The number of hydrogen-bond donors (Lipinski definition) is 1. The molecule has 0 fully saturated rings. The normalized spacial score (nSPS) is 11.1. The van der Waals surface area contributed by atoms with Crippen molar-refractivity contribution in [2.24, 2.45) is 0 Å². The van der Waals surface area contributed by atoms with E-state index in [0.29, 0.717) is 11.3 Å². The minimum absolute atomic E-state index is 0.295. The number of ether oxygens (including phenoxy) is 1. The van der Waals surface area contributed by atoms with Gasteiger partial charge in [-0.3, -0.25) is 5.10 Å². The fourth-order valence-corrected chi connectivity index (χ4v) is 2.29. The number of rotatable bonds is 6. The van der Waals surface area contributed by atoms with E-state index in [9.17, 15) is 4.39 Å². The van der Waals surface area contributed by atoms with Crippen molar-refractivity contribution in [1.82, 2.24) is 15.1 Å². The van der Waals surface area contributed by atoms with E-state index in [-0.39, 0.29) is 5.82 Å². The Kier molecular flexibility index (Phi) is 4.74. The zero-order valence-corrected chi connectivity index (χ0v) is 12.1. The molecule has 0 radical (unpaired) electrons. The van der Waals surface area contributed by atoms with Gasteiger partial charge in [-0.2, -0.15) is 5.10 Å². The van der Waals surface area contributed by atoms with E-state index in [4.69, 9.17) is 4.74 Å². The number of aromatic amines is 1. The quantitative estimate of drug-likeness (QED) is 0.882. The summed E-state index contributed by atoms with van der Waals surface area (Å²) < 4.78 is 18.8. The van der Waals surface area contributed by atoms with Crippen LogP contribution in [0.15, 0.2) is 24.4 Å². The predicted molar refractivity (Wildman–Crippen MR) is 77.2 cm³/mol. The maximum atomic E-state index is 13.5. The maximum Gasteiger partial charge on any atom is 0.128 e. The van der Waals surface area contributed by atoms with E-state index in [1.54, 1.807) is 13.2 Å². The Morgan fingerprint density at radius 1 is 1.40 bits per heavy atom. The van der Waals surface area contributed by atoms with E-state index in [2.05, 4.69) is 29.1 Å². The van der Waals surface area contributed by atoms with Gasteiger partial charge in [-0.15, -0.1) is 0 Å². The Bertz CT molecular complexity index is 568. The highest BCUT2D eigenvalue weighted by Gasteiger charge is 2.15. The molecular formula is C15H20FN3O. The first kappa shape index (κ1) is 14.5. The molecule has 0 spiro atoms. The van der Waals surface area contributed by atoms with Crippen molar-refractivity contribution < 1.29 is 9.13 Å². The van der Waals surface area contributed by atoms with Gasteiger partial charge in [-0.05, 0) is 38.2 Å². The van der Waals surface area contributed by atoms with Crippen LogP contribution in [0.1, 0.15) is 18.9 Å². The molecule has 20 heavy (non-hydrogen) atoms. The van der Waals surface area contributed by atoms with E-state index >= 15 is 0 Å². The summed E-state index contributed by atoms with van der Waals surface area (Å²) in [5.74, 6) is 0.328. The number of nitrogens with one attached hydrogen (secondary N) is 1. The highest BCUT2D eigenvalue weighted by atomic mass is 19.1. The number of halogens is 1. The van der Waals surface area contributed by atoms with Crippen molar-refractivity contribution in [3.05, 3.63) is 35.8 Å². The van der Waals surface area contributed by atoms with Crippen molar-refractivity contribution in [2.45, 2.75) is 19.9 Å². The van der Waals surface area contributed by atoms with Gasteiger partial charge >= 0.3 is 0 Å². The smallest absolute Gasteiger partial charge is 0.128 e. The summed E-state index contributed by atoms with van der Waals surface area (Å²) in [7, 11) is 3.63. The highest BCUT2D eigenvalue weighted by Crippen LogP contribution is 2.31. The van der Waals surface area contributed by atoms with E-state index in [1.807, 2.05) is 6.20 Å². The van der Waals surface area contributed by atoms with Crippen LogP contribution in [0, 0.1) is 5.82 Å². The molecule has 0 bridgehead atoms. The van der Waals surface area contributed by atoms with Crippen LogP contribution < -0.4 is 4.74 Å². The number of aromatic nitrogens is 2. The van der Waals surface area contributed by atoms with Crippen LogP contribution >= 0.6 is 0 Å². The number of methoxy groups -OCH3 is 1. The SMILES string of the molecule is CCCN(C)Cc1c[nH]nc1-c1cc(F)ccc1OC. The first-order valence-corrected chi connectivity index (χ1v) is 6.70. The van der Waals surface area contributed by atoms with Crippen molar-refractivity contribution >= 4 is 0 Å². The van der Waals surface area contributed by atoms with Crippen LogP contribution in [0.25, 0.3) is 11.3 Å². The molecule has 0 aliphatic carbocycles. The van der Waals surface area contributed by atoms with Crippen molar-refractivity contribution in [3.8, 4) is 17.0 Å². The molecule has 0 unspecified atom stereocenters. The first-order chi connectivity index (χ1) is 9.65. The van der Waals surface area contributed by atoms with Gasteiger partial charge in [0.1, 0.15) is 17.3 Å². The fraction of sp³-hybridized carbons (Fsp3) is 0.400. The minimum atomic E-state index is -0.295. The summed E-state index contributed by atoms with van der Waals surface area (Å²) in [6, 6.07) is 4.47. The van der Waals surface area contributed by atoms with E-state index in [1.165, 1.54) is 12.1 Å². The minimum Gasteiger partial charge on any atom is -0.496 e. The van der Waals surface area contributed by atoms with Gasteiger partial charge < -0.3 is 9.64 Å². The summed E-state index contributed by atoms with van der Waals surface area (Å²) in [5, 5.41) is 7.11. The van der Waals surface area contributed by atoms with Gasteiger partial charge in [0.25, 0.3) is 0 Å². The molecule has 0 aliphatic rings. The zero-order valence-electron chi connectivity index (χ0n) is 12.1. The van der Waals surface area contributed by atoms with Gasteiger partial charge in [-0.25, -0.2) is 4.39 Å². The van der Waals surface area contributed by atoms with E-state index in [0.717, 1.165) is 30.8 Å². The third-order valence-corrected chi connectivity index (χ3v) is 3.18. The lowest BCUT2D eigenvalue weighted by molar-refractivity contribution is 0.328. The van der Waals surface area contributed by atoms with Crippen LogP contribution in [-0.2, 0) is 6.54 Å². The standard InChI is InChI=1S/C15H20FN3O/c1-4-7-19(2)10-11-9-17-18-15(11)13-8-12(16)5-6-14(13)20-3/h5-6,8-9H,4,7,10H2,1-3H3,(H,17,18). The molecule has 2 rings (SSSR count). The summed E-state index contributed by atoms with van der Waals surface area (Å²) >= 11 is 0. The predicted octanol–water partition coefficient (Wildman–Crippen LogP) is 3.07. The van der Waals surface area contributed by atoms with Crippen molar-refractivity contribution in [3.63, 3.8) is 0 Å². The van der Waals surface area contributed by atoms with Crippen LogP contribution in [0.2, 0.25) is 0 Å². The number of nitrogens with zero attached hydrogens (tertiary/aromatic N) is 2. The first-order valence-electron chi connectivity index (χ1n) is 6.70. The second kappa shape index (κ2) is 6.52. The van der Waals surface area contributed by atoms with Crippen LogP contribution in [0.3, 0.4) is 0 Å². The van der Waals surface area contributed by atoms with Crippen molar-refractivity contribution in [1.29, 1.82) is 0 Å². The number of benzene rings is 1. The molecule has 0 saturated heterocycles. The topological polar surface area (TPSA) is 41.2 Å². The van der Waals surface area contributed by atoms with Gasteiger partial charge in [0.15, 0.2) is 0 Å². The third kappa shape index (κ3) is 3.17. The fourth-order valence-electron chi connectivity index (χ4n) is 2.29. The average Bonchev–Trinajstić information content (AvgIpc) is 2.86. The van der Waals surface area contributed by atoms with Gasteiger partial charge in [0.2, 0.25) is 0 Å². The van der Waals surface area contributed by atoms with Crippen LogP contribution in [0.4, 0.5) is 4.39 Å². The summed E-state index contributed by atoms with van der Waals surface area (Å²) in [4.78, 5) is 2.21. The molecule has 108 valence electrons. The molecule has 4 nitrogen and oxygen atoms in total. The zero-order chi connectivity index (χ0) is 14.5. The average molecular weight is 277 g/mol. The number of hydrogen-bond acceptors (Lipinski definition) is 3. The Labute approximate surface area is 118 Å². The molecule has 0 atom stereocenters. The molecule has 2 aromatic rings. The molecule has 1 aromatic heterocycles. The summed E-state index contributed by atoms with van der Waals surface area (Å²) in [6.45, 7) is 3.91. The van der Waals surface area contributed by atoms with Gasteiger partial charge in [0.05, 0.1) is 7.11 Å². The highest BCUT2D eigenvalue weighted by molar-refractivity contribution is 5.69. The van der Waals surface area contributed by atoms with Gasteiger partial charge in [-0.1, -0.05) is 6.92 Å². The second-order valence-corrected chi connectivity index (χ2v) is 4.84. The molecule has 1 N–H and O–H groups in total. The molecular weight excluding hydrogens is 257 g/mol. The Hall–Kier alpha value is -1.88. The molecule has 1 heterocycles. The maximum absolute atomic E-state index is 13.5. The van der Waals surface area contributed by atoms with Crippen LogP contribution in [0.5, 0.6) is 5.75 Å². The largest absolute Gasteiger partial charge is 0.496 e. The third-order valence-electron chi connectivity index (χ3n) is 3.18. The number of H-pyrrole nitrogens is 1. The lowest BCUT2D eigenvalue weighted by Crippen LogP contribution is -2.18. The summed E-state index contributed by atoms with van der Waals surface area (Å²) in [6.07, 6.45) is 2.94. The van der Waals surface area contributed by atoms with Crippen LogP contribution in [-0.4, -0.2) is 35.8 Å². The van der Waals surface area contributed by atoms with E-state index < -0.39 is 0 Å². The Morgan fingerprint density at radius 2 is 2.20 bits per heavy atom. The lowest BCUT2D eigenvalue weighted by Gasteiger charge is -2.15. The van der Waals surface area contributed by atoms with Crippen molar-refractivity contribution in [2.75, 3.05) is 20.7 Å². The second-order valence-electron chi connectivity index (χ2n) is 4.84. The molecule has 0 saturated carbocycles. The molecule has 0 amide bonds. The lowest BCUT2D eigenvalue weighted by atomic mass is 10.1. The molecule has 5 heteroatoms. The van der Waals surface area contributed by atoms with Gasteiger partial charge in [0, 0.05) is 23.9 Å². The Morgan fingerprint density at radius 3 is 2.90 bits per heavy atom. The Balaban J connectivity index is 2.34.